The van der Waals surface area contributed by atoms with Crippen molar-refractivity contribution in [3.63, 3.8) is 0 Å². The van der Waals surface area contributed by atoms with Crippen molar-refractivity contribution in [2.24, 2.45) is 9.98 Å². The summed E-state index contributed by atoms with van der Waals surface area (Å²) in [5.41, 5.74) is 8.40. The molecule has 0 spiro atoms. The maximum Gasteiger partial charge on any atom is 0.170 e. The molecule has 1 unspecified atom stereocenters. The number of aliphatic imine (C=N–C) groups is 2. The van der Waals surface area contributed by atoms with E-state index >= 15 is 0 Å². The van der Waals surface area contributed by atoms with Crippen molar-refractivity contribution in [2.45, 2.75) is 6.17 Å². The molecule has 0 radical (unpaired) electrons. The van der Waals surface area contributed by atoms with E-state index in [2.05, 4.69) is 107 Å². The first-order valence-corrected chi connectivity index (χ1v) is 17.4. The molecule has 7 aromatic carbocycles. The van der Waals surface area contributed by atoms with E-state index in [0.29, 0.717) is 0 Å². The Morgan fingerprint density at radius 2 is 1.17 bits per heavy atom. The van der Waals surface area contributed by atoms with Crippen LogP contribution in [-0.2, 0) is 0 Å². The second kappa shape index (κ2) is 11.2. The van der Waals surface area contributed by atoms with E-state index in [1.165, 1.54) is 5.39 Å². The molecular formula is C46H28N4O2. The SMILES string of the molecule is c1ccc(C2=NC(c3cccc4cc(-c5cncc6oc7cc8ccccc8cc7c56)ccc34)N=C(c3cccc4oc5ccccc5c34)N2)cc1. The highest BCUT2D eigenvalue weighted by molar-refractivity contribution is 6.23. The van der Waals surface area contributed by atoms with Crippen LogP contribution in [0.1, 0.15) is 22.9 Å². The Morgan fingerprint density at radius 1 is 0.442 bits per heavy atom. The smallest absolute Gasteiger partial charge is 0.170 e. The number of rotatable bonds is 4. The monoisotopic (exact) mass is 668 g/mol. The minimum atomic E-state index is -0.481. The zero-order valence-electron chi connectivity index (χ0n) is 27.7. The maximum atomic E-state index is 6.34. The van der Waals surface area contributed by atoms with E-state index in [0.717, 1.165) is 99.5 Å². The van der Waals surface area contributed by atoms with Gasteiger partial charge in [0.25, 0.3) is 0 Å². The number of furan rings is 2. The van der Waals surface area contributed by atoms with Crippen molar-refractivity contribution in [1.82, 2.24) is 10.3 Å². The number of fused-ring (bicyclic) bond motifs is 8. The number of para-hydroxylation sites is 1. The molecule has 6 nitrogen and oxygen atoms in total. The molecule has 11 rings (SSSR count). The van der Waals surface area contributed by atoms with Gasteiger partial charge in [0.15, 0.2) is 11.7 Å². The summed E-state index contributed by atoms with van der Waals surface area (Å²) in [6.45, 7) is 0. The predicted octanol–water partition coefficient (Wildman–Crippen LogP) is 11.3. The van der Waals surface area contributed by atoms with Crippen LogP contribution in [0.15, 0.2) is 177 Å². The Labute approximate surface area is 297 Å². The van der Waals surface area contributed by atoms with Gasteiger partial charge in [-0.2, -0.15) is 0 Å². The average Bonchev–Trinajstić information content (AvgIpc) is 3.77. The second-order valence-electron chi connectivity index (χ2n) is 13.2. The molecule has 0 saturated carbocycles. The minimum Gasteiger partial charge on any atom is -0.456 e. The molecular weight excluding hydrogens is 641 g/mol. The van der Waals surface area contributed by atoms with Crippen LogP contribution in [0.3, 0.4) is 0 Å². The first kappa shape index (κ1) is 28.8. The zero-order valence-corrected chi connectivity index (χ0v) is 27.7. The maximum absolute atomic E-state index is 6.34. The third-order valence-electron chi connectivity index (χ3n) is 10.2. The number of hydrogen-bond acceptors (Lipinski definition) is 6. The Bertz CT molecular complexity index is 3120. The van der Waals surface area contributed by atoms with Gasteiger partial charge in [-0.15, -0.1) is 0 Å². The Morgan fingerprint density at radius 3 is 2.10 bits per heavy atom. The van der Waals surface area contributed by atoms with Gasteiger partial charge < -0.3 is 14.2 Å². The molecule has 3 aromatic heterocycles. The Kier molecular flexibility index (Phi) is 6.21. The lowest BCUT2D eigenvalue weighted by Gasteiger charge is -2.23. The zero-order chi connectivity index (χ0) is 34.2. The molecule has 6 heteroatoms. The molecule has 0 amide bonds. The molecule has 1 N–H and O–H groups in total. The number of hydrogen-bond donors (Lipinski definition) is 1. The summed E-state index contributed by atoms with van der Waals surface area (Å²) in [4.78, 5) is 15.1. The van der Waals surface area contributed by atoms with E-state index in [1.807, 2.05) is 60.9 Å². The minimum absolute atomic E-state index is 0.481. The van der Waals surface area contributed by atoms with Crippen molar-refractivity contribution in [2.75, 3.05) is 0 Å². The Hall–Kier alpha value is -7.05. The summed E-state index contributed by atoms with van der Waals surface area (Å²) in [7, 11) is 0. The number of amidine groups is 2. The van der Waals surface area contributed by atoms with Crippen molar-refractivity contribution in [3.05, 3.63) is 175 Å². The van der Waals surface area contributed by atoms with Gasteiger partial charge in [0.2, 0.25) is 0 Å². The fourth-order valence-corrected chi connectivity index (χ4v) is 7.78. The van der Waals surface area contributed by atoms with Gasteiger partial charge in [-0.25, -0.2) is 9.98 Å². The molecule has 0 bridgehead atoms. The largest absolute Gasteiger partial charge is 0.456 e. The number of benzene rings is 7. The fraction of sp³-hybridized carbons (Fsp3) is 0.0217. The van der Waals surface area contributed by atoms with Crippen LogP contribution in [-0.4, -0.2) is 16.7 Å². The molecule has 0 aliphatic carbocycles. The molecule has 4 heterocycles. The summed E-state index contributed by atoms with van der Waals surface area (Å²) >= 11 is 0. The molecule has 10 aromatic rings. The Balaban J connectivity index is 1.07. The molecule has 1 aliphatic rings. The lowest BCUT2D eigenvalue weighted by atomic mass is 9.95. The molecule has 1 atom stereocenters. The van der Waals surface area contributed by atoms with Gasteiger partial charge >= 0.3 is 0 Å². The van der Waals surface area contributed by atoms with Gasteiger partial charge in [-0.1, -0.05) is 115 Å². The fourth-order valence-electron chi connectivity index (χ4n) is 7.78. The first-order chi connectivity index (χ1) is 25.7. The summed E-state index contributed by atoms with van der Waals surface area (Å²) in [6, 6.07) is 50.2. The highest BCUT2D eigenvalue weighted by Gasteiger charge is 2.25. The summed E-state index contributed by atoms with van der Waals surface area (Å²) in [5, 5.41) is 12.3. The van der Waals surface area contributed by atoms with Gasteiger partial charge in [-0.05, 0) is 57.4 Å². The number of pyridine rings is 1. The standard InChI is InChI=1S/C46H28N4O2/c1-2-10-27(11-3-1)44-48-45(50-46(49-44)35-17-9-19-39-42(35)34-15-6-7-18-38(34)51-39)33-16-8-14-30-22-31(20-21-32(30)33)37-25-47-26-41-43(37)36-23-28-12-4-5-13-29(28)24-40(36)52-41/h1-26,45H,(H,48,49,50). The third-order valence-corrected chi connectivity index (χ3v) is 10.2. The quantitative estimate of drug-likeness (QED) is 0.202. The molecule has 0 fully saturated rings. The van der Waals surface area contributed by atoms with Crippen LogP contribution >= 0.6 is 0 Å². The molecule has 0 saturated heterocycles. The van der Waals surface area contributed by atoms with Crippen LogP contribution in [0.5, 0.6) is 0 Å². The normalized spacial score (nSPS) is 14.7. The molecule has 244 valence electrons. The van der Waals surface area contributed by atoms with E-state index in [4.69, 9.17) is 18.8 Å². The van der Waals surface area contributed by atoms with Crippen molar-refractivity contribution >= 4 is 77.1 Å². The lowest BCUT2D eigenvalue weighted by molar-refractivity contribution is 0.667. The van der Waals surface area contributed by atoms with E-state index < -0.39 is 6.17 Å². The third kappa shape index (κ3) is 4.48. The average molecular weight is 669 g/mol. The highest BCUT2D eigenvalue weighted by Crippen LogP contribution is 2.40. The summed E-state index contributed by atoms with van der Waals surface area (Å²) < 4.78 is 12.6. The van der Waals surface area contributed by atoms with Gasteiger partial charge in [0, 0.05) is 50.0 Å². The number of aromatic nitrogens is 1. The molecule has 52 heavy (non-hydrogen) atoms. The lowest BCUT2D eigenvalue weighted by Crippen LogP contribution is -2.36. The van der Waals surface area contributed by atoms with E-state index in [9.17, 15) is 0 Å². The van der Waals surface area contributed by atoms with Crippen LogP contribution in [0.25, 0.3) is 76.5 Å². The number of nitrogens with one attached hydrogen (secondary N) is 1. The predicted molar refractivity (Wildman–Crippen MR) is 211 cm³/mol. The first-order valence-electron chi connectivity index (χ1n) is 17.4. The molecule has 1 aliphatic heterocycles. The second-order valence-corrected chi connectivity index (χ2v) is 13.2. The van der Waals surface area contributed by atoms with Gasteiger partial charge in [-0.3, -0.25) is 4.98 Å². The highest BCUT2D eigenvalue weighted by atomic mass is 16.3. The van der Waals surface area contributed by atoms with Gasteiger partial charge in [0.1, 0.15) is 28.4 Å². The summed E-state index contributed by atoms with van der Waals surface area (Å²) in [5.74, 6) is 1.52. The van der Waals surface area contributed by atoms with E-state index in [1.54, 1.807) is 0 Å². The van der Waals surface area contributed by atoms with Crippen molar-refractivity contribution in [1.29, 1.82) is 0 Å². The topological polar surface area (TPSA) is 75.9 Å². The van der Waals surface area contributed by atoms with Crippen LogP contribution in [0, 0.1) is 0 Å². The van der Waals surface area contributed by atoms with Crippen LogP contribution < -0.4 is 5.32 Å². The van der Waals surface area contributed by atoms with Crippen molar-refractivity contribution < 1.29 is 8.83 Å². The van der Waals surface area contributed by atoms with E-state index in [-0.39, 0.29) is 0 Å². The van der Waals surface area contributed by atoms with Crippen LogP contribution in [0.2, 0.25) is 0 Å². The number of nitrogens with zero attached hydrogens (tertiary/aromatic N) is 3. The van der Waals surface area contributed by atoms with Crippen molar-refractivity contribution in [3.8, 4) is 11.1 Å². The van der Waals surface area contributed by atoms with Gasteiger partial charge in [0.05, 0.1) is 6.20 Å². The van der Waals surface area contributed by atoms with Crippen LogP contribution in [0.4, 0.5) is 0 Å². The summed E-state index contributed by atoms with van der Waals surface area (Å²) in [6.07, 6.45) is 3.27.